The molecule has 0 aromatic heterocycles. The highest BCUT2D eigenvalue weighted by atomic mass is 79.9. The summed E-state index contributed by atoms with van der Waals surface area (Å²) in [5, 5.41) is 0.0908. The molecule has 1 unspecified atom stereocenters. The lowest BCUT2D eigenvalue weighted by molar-refractivity contribution is 0.353. The maximum absolute atomic E-state index is 13.4. The van der Waals surface area contributed by atoms with Gasteiger partial charge in [0.25, 0.3) is 0 Å². The van der Waals surface area contributed by atoms with Crippen molar-refractivity contribution in [3.8, 4) is 5.75 Å². The van der Waals surface area contributed by atoms with Crippen molar-refractivity contribution in [3.63, 3.8) is 0 Å². The Balaban J connectivity index is 2.11. The molecule has 0 bridgehead atoms. The largest absolute Gasteiger partial charge is 0.493 e. The first-order valence-corrected chi connectivity index (χ1v) is 7.71. The van der Waals surface area contributed by atoms with Gasteiger partial charge >= 0.3 is 0 Å². The number of benzene rings is 2. The van der Waals surface area contributed by atoms with Gasteiger partial charge in [0.05, 0.1) is 12.0 Å². The number of ether oxygens (including phenoxy) is 1. The predicted molar refractivity (Wildman–Crippen MR) is 82.4 cm³/mol. The number of hydrogen-bond donors (Lipinski definition) is 0. The van der Waals surface area contributed by atoms with Gasteiger partial charge in [-0.25, -0.2) is 4.39 Å². The van der Waals surface area contributed by atoms with Gasteiger partial charge in [-0.05, 0) is 41.5 Å². The van der Waals surface area contributed by atoms with E-state index >= 15 is 0 Å². The summed E-state index contributed by atoms with van der Waals surface area (Å²) in [7, 11) is 0. The first-order chi connectivity index (χ1) is 9.56. The normalized spacial score (nSPS) is 14.8. The standard InChI is InChI=1S/C15H10BrCl2FO/c16-13-2-1-10(19)7-11(13)14(18)12-6-9(17)5-8-3-4-20-15(8)12/h1-2,5-7,14H,3-4H2. The molecule has 20 heavy (non-hydrogen) atoms. The first kappa shape index (κ1) is 14.2. The third-order valence-electron chi connectivity index (χ3n) is 3.28. The lowest BCUT2D eigenvalue weighted by Gasteiger charge is -2.16. The predicted octanol–water partition coefficient (Wildman–Crippen LogP) is 5.50. The quantitative estimate of drug-likeness (QED) is 0.629. The fourth-order valence-corrected chi connectivity index (χ4v) is 3.56. The lowest BCUT2D eigenvalue weighted by atomic mass is 10.0. The van der Waals surface area contributed by atoms with Gasteiger partial charge in [-0.2, -0.15) is 0 Å². The molecule has 0 amide bonds. The monoisotopic (exact) mass is 374 g/mol. The lowest BCUT2D eigenvalue weighted by Crippen LogP contribution is -1.99. The molecule has 2 aromatic rings. The van der Waals surface area contributed by atoms with Crippen LogP contribution in [0.15, 0.2) is 34.8 Å². The van der Waals surface area contributed by atoms with Gasteiger partial charge in [-0.3, -0.25) is 0 Å². The molecule has 0 aliphatic carbocycles. The summed E-state index contributed by atoms with van der Waals surface area (Å²) in [5.74, 6) is 0.444. The van der Waals surface area contributed by atoms with Crippen LogP contribution in [0.1, 0.15) is 22.1 Å². The summed E-state index contributed by atoms with van der Waals surface area (Å²) in [6, 6.07) is 8.12. The highest BCUT2D eigenvalue weighted by Crippen LogP contribution is 2.43. The zero-order valence-corrected chi connectivity index (χ0v) is 13.4. The van der Waals surface area contributed by atoms with Gasteiger partial charge in [0.2, 0.25) is 0 Å². The van der Waals surface area contributed by atoms with Gasteiger partial charge in [0.1, 0.15) is 11.6 Å². The number of halogens is 4. The van der Waals surface area contributed by atoms with E-state index in [0.717, 1.165) is 27.8 Å². The molecule has 104 valence electrons. The first-order valence-electron chi connectivity index (χ1n) is 6.10. The van der Waals surface area contributed by atoms with Crippen LogP contribution in [0.2, 0.25) is 5.02 Å². The van der Waals surface area contributed by atoms with E-state index in [4.69, 9.17) is 27.9 Å². The second-order valence-corrected chi connectivity index (χ2v) is 6.34. The van der Waals surface area contributed by atoms with Crippen molar-refractivity contribution >= 4 is 39.1 Å². The van der Waals surface area contributed by atoms with Crippen LogP contribution >= 0.6 is 39.1 Å². The SMILES string of the molecule is Fc1ccc(Br)c(C(Cl)c2cc(Cl)cc3c2OCC3)c1. The molecule has 0 saturated heterocycles. The molecule has 1 heterocycles. The Kier molecular flexibility index (Phi) is 3.93. The van der Waals surface area contributed by atoms with E-state index in [1.807, 2.05) is 6.07 Å². The van der Waals surface area contributed by atoms with E-state index in [1.54, 1.807) is 12.1 Å². The van der Waals surface area contributed by atoms with Gasteiger partial charge in [-0.1, -0.05) is 27.5 Å². The van der Waals surface area contributed by atoms with Crippen LogP contribution in [-0.4, -0.2) is 6.61 Å². The molecule has 0 radical (unpaired) electrons. The van der Waals surface area contributed by atoms with Gasteiger partial charge < -0.3 is 4.74 Å². The molecule has 2 aromatic carbocycles. The van der Waals surface area contributed by atoms with Crippen LogP contribution in [0.4, 0.5) is 4.39 Å². The van der Waals surface area contributed by atoms with Crippen LogP contribution < -0.4 is 4.74 Å². The van der Waals surface area contributed by atoms with E-state index in [-0.39, 0.29) is 5.82 Å². The molecular weight excluding hydrogens is 366 g/mol. The average molecular weight is 376 g/mol. The van der Waals surface area contributed by atoms with E-state index in [9.17, 15) is 4.39 Å². The topological polar surface area (TPSA) is 9.23 Å². The summed E-state index contributed by atoms with van der Waals surface area (Å²) in [5.41, 5.74) is 2.48. The molecule has 3 rings (SSSR count). The molecule has 1 atom stereocenters. The summed E-state index contributed by atoms with van der Waals surface area (Å²) >= 11 is 16.1. The van der Waals surface area contributed by atoms with Crippen molar-refractivity contribution in [2.45, 2.75) is 11.8 Å². The molecule has 1 aliphatic heterocycles. The van der Waals surface area contributed by atoms with Crippen LogP contribution in [0, 0.1) is 5.82 Å². The summed E-state index contributed by atoms with van der Waals surface area (Å²) in [6.45, 7) is 0.622. The highest BCUT2D eigenvalue weighted by molar-refractivity contribution is 9.10. The van der Waals surface area contributed by atoms with Crippen molar-refractivity contribution in [2.24, 2.45) is 0 Å². The molecule has 0 fully saturated rings. The highest BCUT2D eigenvalue weighted by Gasteiger charge is 2.24. The Bertz CT molecular complexity index is 675. The van der Waals surface area contributed by atoms with Crippen molar-refractivity contribution < 1.29 is 9.13 Å². The van der Waals surface area contributed by atoms with Crippen LogP contribution in [-0.2, 0) is 6.42 Å². The zero-order valence-electron chi connectivity index (χ0n) is 10.3. The number of rotatable bonds is 2. The Hall–Kier alpha value is -0.770. The fraction of sp³-hybridized carbons (Fsp3) is 0.200. The second kappa shape index (κ2) is 5.55. The summed E-state index contributed by atoms with van der Waals surface area (Å²) in [6.07, 6.45) is 0.816. The minimum Gasteiger partial charge on any atom is -0.493 e. The van der Waals surface area contributed by atoms with Gasteiger partial charge in [0.15, 0.2) is 0 Å². The van der Waals surface area contributed by atoms with E-state index < -0.39 is 5.38 Å². The zero-order chi connectivity index (χ0) is 14.3. The minimum absolute atomic E-state index is 0.326. The van der Waals surface area contributed by atoms with E-state index in [0.29, 0.717) is 17.2 Å². The fourth-order valence-electron chi connectivity index (χ4n) is 2.36. The number of fused-ring (bicyclic) bond motifs is 1. The molecule has 0 spiro atoms. The Morgan fingerprint density at radius 3 is 2.80 bits per heavy atom. The van der Waals surface area contributed by atoms with Crippen molar-refractivity contribution in [2.75, 3.05) is 6.61 Å². The van der Waals surface area contributed by atoms with Gasteiger partial charge in [0, 0.05) is 21.5 Å². The van der Waals surface area contributed by atoms with E-state index in [1.165, 1.54) is 12.1 Å². The second-order valence-electron chi connectivity index (χ2n) is 4.61. The maximum Gasteiger partial charge on any atom is 0.127 e. The summed E-state index contributed by atoms with van der Waals surface area (Å²) in [4.78, 5) is 0. The van der Waals surface area contributed by atoms with Crippen molar-refractivity contribution in [3.05, 3.63) is 62.3 Å². The van der Waals surface area contributed by atoms with E-state index in [2.05, 4.69) is 15.9 Å². The Morgan fingerprint density at radius 1 is 1.20 bits per heavy atom. The van der Waals surface area contributed by atoms with Crippen LogP contribution in [0.3, 0.4) is 0 Å². The Morgan fingerprint density at radius 2 is 2.00 bits per heavy atom. The summed E-state index contributed by atoms with van der Waals surface area (Å²) < 4.78 is 19.8. The van der Waals surface area contributed by atoms with Gasteiger partial charge in [-0.15, -0.1) is 11.6 Å². The third kappa shape index (κ3) is 2.54. The van der Waals surface area contributed by atoms with Crippen molar-refractivity contribution in [1.82, 2.24) is 0 Å². The maximum atomic E-state index is 13.4. The third-order valence-corrected chi connectivity index (χ3v) is 4.69. The molecule has 1 aliphatic rings. The molecule has 1 nitrogen and oxygen atoms in total. The molecule has 0 saturated carbocycles. The molecular formula is C15H10BrCl2FO. The Labute approximate surface area is 134 Å². The van der Waals surface area contributed by atoms with Crippen molar-refractivity contribution in [1.29, 1.82) is 0 Å². The number of alkyl halides is 1. The molecule has 5 heteroatoms. The van der Waals surface area contributed by atoms with Crippen LogP contribution in [0.25, 0.3) is 0 Å². The minimum atomic E-state index is -0.523. The molecule has 0 N–H and O–H groups in total. The number of hydrogen-bond acceptors (Lipinski definition) is 1. The van der Waals surface area contributed by atoms with Crippen LogP contribution in [0.5, 0.6) is 5.75 Å². The average Bonchev–Trinajstić information content (AvgIpc) is 2.87. The smallest absolute Gasteiger partial charge is 0.127 e.